The monoisotopic (exact) mass is 323 g/mol. The number of hydrogen-bond donors (Lipinski definition) is 1. The molecule has 1 aromatic rings. The van der Waals surface area contributed by atoms with Gasteiger partial charge in [0.15, 0.2) is 0 Å². The molecule has 3 rings (SSSR count). The summed E-state index contributed by atoms with van der Waals surface area (Å²) in [6.07, 6.45) is 5.32. The maximum atomic E-state index is 6.05. The van der Waals surface area contributed by atoms with Crippen molar-refractivity contribution < 1.29 is 0 Å². The fraction of sp³-hybridized carbons (Fsp3) is 0.429. The predicted octanol–water partition coefficient (Wildman–Crippen LogP) is 3.65. The molecule has 0 saturated carbocycles. The quantitative estimate of drug-likeness (QED) is 0.918. The summed E-state index contributed by atoms with van der Waals surface area (Å²) in [6.45, 7) is 13.9. The maximum Gasteiger partial charge on any atom is 0.0547 e. The summed E-state index contributed by atoms with van der Waals surface area (Å²) in [5, 5.41) is 0. The van der Waals surface area contributed by atoms with Gasteiger partial charge in [-0.25, -0.2) is 0 Å². The molecule has 2 aliphatic heterocycles. The van der Waals surface area contributed by atoms with E-state index >= 15 is 0 Å². The smallest absolute Gasteiger partial charge is 0.0547 e. The molecule has 0 radical (unpaired) electrons. The van der Waals surface area contributed by atoms with Gasteiger partial charge in [-0.15, -0.1) is 0 Å². The van der Waals surface area contributed by atoms with Crippen molar-refractivity contribution in [2.45, 2.75) is 39.8 Å². The largest absolute Gasteiger partial charge is 0.397 e. The molecule has 0 aromatic heterocycles. The summed E-state index contributed by atoms with van der Waals surface area (Å²) >= 11 is 0. The van der Waals surface area contributed by atoms with Crippen LogP contribution in [0.3, 0.4) is 0 Å². The summed E-state index contributed by atoms with van der Waals surface area (Å²) in [5.41, 5.74) is 11.9. The van der Waals surface area contributed by atoms with Crippen molar-refractivity contribution in [1.82, 2.24) is 9.80 Å². The molecule has 2 N–H and O–H groups in total. The molecule has 0 bridgehead atoms. The molecular weight excluding hydrogens is 294 g/mol. The predicted molar refractivity (Wildman–Crippen MR) is 101 cm³/mol. The molecule has 3 nitrogen and oxygen atoms in total. The number of aryl methyl sites for hydroxylation is 1. The highest BCUT2D eigenvalue weighted by Crippen LogP contribution is 2.32. The Morgan fingerprint density at radius 3 is 2.46 bits per heavy atom. The second-order valence-electron chi connectivity index (χ2n) is 7.20. The lowest BCUT2D eigenvalue weighted by Gasteiger charge is -2.46. The number of rotatable bonds is 4. The number of fused-ring (bicyclic) bond motifs is 1. The summed E-state index contributed by atoms with van der Waals surface area (Å²) in [7, 11) is 0. The van der Waals surface area contributed by atoms with Crippen LogP contribution in [0.15, 0.2) is 60.1 Å². The highest BCUT2D eigenvalue weighted by Gasteiger charge is 2.34. The van der Waals surface area contributed by atoms with E-state index in [1.54, 1.807) is 0 Å². The lowest BCUT2D eigenvalue weighted by Crippen LogP contribution is -2.52. The van der Waals surface area contributed by atoms with Gasteiger partial charge >= 0.3 is 0 Å². The fourth-order valence-corrected chi connectivity index (χ4v) is 3.74. The third kappa shape index (κ3) is 3.27. The number of nitrogens with two attached hydrogens (primary N) is 1. The number of allylic oxidation sites excluding steroid dienone is 1. The third-order valence-electron chi connectivity index (χ3n) is 5.09. The Labute approximate surface area is 146 Å². The van der Waals surface area contributed by atoms with Crippen molar-refractivity contribution in [3.05, 3.63) is 71.2 Å². The van der Waals surface area contributed by atoms with Crippen molar-refractivity contribution in [3.63, 3.8) is 0 Å². The summed E-state index contributed by atoms with van der Waals surface area (Å²) in [4.78, 5) is 4.90. The number of piperazine rings is 1. The first-order valence-corrected chi connectivity index (χ1v) is 8.96. The molecule has 1 unspecified atom stereocenters. The average molecular weight is 323 g/mol. The van der Waals surface area contributed by atoms with Crippen LogP contribution in [-0.4, -0.2) is 28.9 Å². The minimum atomic E-state index is 0.394. The van der Waals surface area contributed by atoms with Crippen LogP contribution in [0.4, 0.5) is 0 Å². The molecule has 2 aliphatic rings. The summed E-state index contributed by atoms with van der Waals surface area (Å²) < 4.78 is 0. The van der Waals surface area contributed by atoms with Gasteiger partial charge in [-0.05, 0) is 35.1 Å². The number of nitrogens with zero attached hydrogens (tertiary/aromatic N) is 2. The first-order chi connectivity index (χ1) is 11.5. The van der Waals surface area contributed by atoms with Crippen LogP contribution >= 0.6 is 0 Å². The standard InChI is InChI=1S/C21H29N3/c1-5-17-6-8-18(9-7-17)13-24-11-10-23-14-19(22)16(4)12-20(23)21(24)15(2)3/h6-9,12,14-15,21H,4-5,10-11,13,22H2,1-3H3. The van der Waals surface area contributed by atoms with Gasteiger partial charge in [0.2, 0.25) is 0 Å². The highest BCUT2D eigenvalue weighted by atomic mass is 15.3. The molecule has 0 amide bonds. The van der Waals surface area contributed by atoms with Crippen LogP contribution in [0.1, 0.15) is 31.9 Å². The third-order valence-corrected chi connectivity index (χ3v) is 5.09. The van der Waals surface area contributed by atoms with E-state index in [4.69, 9.17) is 5.73 Å². The molecule has 0 aliphatic carbocycles. The van der Waals surface area contributed by atoms with E-state index in [2.05, 4.69) is 73.7 Å². The lowest BCUT2D eigenvalue weighted by atomic mass is 9.92. The van der Waals surface area contributed by atoms with E-state index in [0.717, 1.165) is 37.3 Å². The molecule has 0 spiro atoms. The van der Waals surface area contributed by atoms with Crippen molar-refractivity contribution in [3.8, 4) is 0 Å². The Morgan fingerprint density at radius 1 is 1.17 bits per heavy atom. The van der Waals surface area contributed by atoms with Gasteiger partial charge in [-0.1, -0.05) is 51.6 Å². The van der Waals surface area contributed by atoms with Gasteiger partial charge in [0.25, 0.3) is 0 Å². The lowest BCUT2D eigenvalue weighted by molar-refractivity contribution is 0.104. The van der Waals surface area contributed by atoms with E-state index in [-0.39, 0.29) is 0 Å². The van der Waals surface area contributed by atoms with E-state index in [1.807, 2.05) is 0 Å². The number of benzene rings is 1. The Bertz CT molecular complexity index is 667. The second kappa shape index (κ2) is 6.86. The van der Waals surface area contributed by atoms with Crippen molar-refractivity contribution >= 4 is 0 Å². The molecule has 24 heavy (non-hydrogen) atoms. The van der Waals surface area contributed by atoms with E-state index in [1.165, 1.54) is 16.8 Å². The van der Waals surface area contributed by atoms with Crippen molar-refractivity contribution in [1.29, 1.82) is 0 Å². The van der Waals surface area contributed by atoms with Crippen molar-refractivity contribution in [2.24, 2.45) is 11.7 Å². The molecule has 1 atom stereocenters. The van der Waals surface area contributed by atoms with Crippen molar-refractivity contribution in [2.75, 3.05) is 13.1 Å². The van der Waals surface area contributed by atoms with E-state index in [9.17, 15) is 0 Å². The van der Waals surface area contributed by atoms with Gasteiger partial charge in [0.05, 0.1) is 11.7 Å². The van der Waals surface area contributed by atoms with Crippen LogP contribution < -0.4 is 5.73 Å². The zero-order valence-electron chi connectivity index (χ0n) is 15.1. The first kappa shape index (κ1) is 16.8. The van der Waals surface area contributed by atoms with E-state index < -0.39 is 0 Å². The molecule has 128 valence electrons. The molecule has 1 saturated heterocycles. The minimum absolute atomic E-state index is 0.394. The molecule has 3 heteroatoms. The molecule has 1 aromatic carbocycles. The Kier molecular flexibility index (Phi) is 4.81. The van der Waals surface area contributed by atoms with Crippen LogP contribution in [-0.2, 0) is 13.0 Å². The Morgan fingerprint density at radius 2 is 1.83 bits per heavy atom. The van der Waals surface area contributed by atoms with Crippen LogP contribution in [0.5, 0.6) is 0 Å². The van der Waals surface area contributed by atoms with Gasteiger partial charge in [-0.2, -0.15) is 0 Å². The summed E-state index contributed by atoms with van der Waals surface area (Å²) in [6, 6.07) is 9.44. The van der Waals surface area contributed by atoms with Crippen LogP contribution in [0, 0.1) is 5.92 Å². The van der Waals surface area contributed by atoms with Crippen LogP contribution in [0.2, 0.25) is 0 Å². The molecular formula is C21H29N3. The zero-order chi connectivity index (χ0) is 17.3. The normalized spacial score (nSPS) is 21.6. The van der Waals surface area contributed by atoms with Gasteiger partial charge in [0.1, 0.15) is 0 Å². The van der Waals surface area contributed by atoms with Gasteiger partial charge in [0, 0.05) is 31.5 Å². The Hall–Kier alpha value is -2.00. The molecule has 2 heterocycles. The molecule has 1 fully saturated rings. The second-order valence-corrected chi connectivity index (χ2v) is 7.20. The summed E-state index contributed by atoms with van der Waals surface area (Å²) in [5.74, 6) is 0.537. The topological polar surface area (TPSA) is 32.5 Å². The van der Waals surface area contributed by atoms with Crippen LogP contribution in [0.25, 0.3) is 0 Å². The highest BCUT2D eigenvalue weighted by molar-refractivity contribution is 5.43. The SMILES string of the molecule is C=C1C=C2C(C(C)C)N(Cc3ccc(CC)cc3)CCN2C=C1N. The zero-order valence-corrected chi connectivity index (χ0v) is 15.1. The maximum absolute atomic E-state index is 6.05. The minimum Gasteiger partial charge on any atom is -0.397 e. The fourth-order valence-electron chi connectivity index (χ4n) is 3.74. The first-order valence-electron chi connectivity index (χ1n) is 8.96. The van der Waals surface area contributed by atoms with Gasteiger partial charge in [-0.3, -0.25) is 4.90 Å². The van der Waals surface area contributed by atoms with Gasteiger partial charge < -0.3 is 10.6 Å². The number of hydrogen-bond acceptors (Lipinski definition) is 3. The Balaban J connectivity index is 1.83. The average Bonchev–Trinajstić information content (AvgIpc) is 2.56. The van der Waals surface area contributed by atoms with E-state index in [0.29, 0.717) is 12.0 Å².